The van der Waals surface area contributed by atoms with Crippen LogP contribution in [0.3, 0.4) is 0 Å². The van der Waals surface area contributed by atoms with E-state index < -0.39 is 11.8 Å². The maximum absolute atomic E-state index is 13.4. The second-order valence-corrected chi connectivity index (χ2v) is 15.4. The summed E-state index contributed by atoms with van der Waals surface area (Å²) in [5.74, 6) is 0.143. The van der Waals surface area contributed by atoms with Crippen molar-refractivity contribution >= 4 is 17.6 Å². The number of ether oxygens (including phenoxy) is 2. The number of aliphatic hydroxyl groups is 1. The minimum absolute atomic E-state index is 0.0165. The summed E-state index contributed by atoms with van der Waals surface area (Å²) in [7, 11) is 0. The minimum Gasteiger partial charge on any atom is -0.392 e. The van der Waals surface area contributed by atoms with Crippen LogP contribution in [0.4, 0.5) is 10.5 Å². The van der Waals surface area contributed by atoms with Crippen LogP contribution in [0.15, 0.2) is 133 Å². The Hall–Kier alpha value is -5.52. The number of piperidine rings is 1. The van der Waals surface area contributed by atoms with Crippen molar-refractivity contribution in [2.45, 2.75) is 63.5 Å². The number of rotatable bonds is 11. The van der Waals surface area contributed by atoms with Crippen LogP contribution in [0.2, 0.25) is 0 Å². The van der Waals surface area contributed by atoms with Gasteiger partial charge < -0.3 is 40.3 Å². The van der Waals surface area contributed by atoms with Gasteiger partial charge in [-0.3, -0.25) is 4.79 Å². The highest BCUT2D eigenvalue weighted by molar-refractivity contribution is 5.93. The SMILES string of the molecule is CC1C(CN2CCC3(CC2)C(=O)NCN3c2ccccc2)OC(c2cccc(-c3cccc(CNC(=O)NCc4ccccc4)c3)c2)OC1c1ccc(CO)cc1. The molecule has 0 radical (unpaired) electrons. The molecule has 294 valence electrons. The number of nitrogens with zero attached hydrogens (tertiary/aromatic N) is 2. The fraction of sp³-hybridized carbons (Fsp3) is 0.319. The summed E-state index contributed by atoms with van der Waals surface area (Å²) < 4.78 is 13.7. The van der Waals surface area contributed by atoms with E-state index >= 15 is 0 Å². The van der Waals surface area contributed by atoms with E-state index in [4.69, 9.17) is 9.47 Å². The van der Waals surface area contributed by atoms with E-state index in [1.54, 1.807) is 0 Å². The number of amides is 3. The molecule has 10 heteroatoms. The number of carbonyl (C=O) groups excluding carboxylic acids is 2. The first-order valence-electron chi connectivity index (χ1n) is 20.0. The molecule has 3 heterocycles. The Morgan fingerprint density at radius 1 is 0.754 bits per heavy atom. The van der Waals surface area contributed by atoms with Crippen LogP contribution in [0.1, 0.15) is 60.0 Å². The largest absolute Gasteiger partial charge is 0.392 e. The lowest BCUT2D eigenvalue weighted by Crippen LogP contribution is -2.57. The van der Waals surface area contributed by atoms with Crippen LogP contribution in [0.5, 0.6) is 0 Å². The smallest absolute Gasteiger partial charge is 0.315 e. The lowest BCUT2D eigenvalue weighted by atomic mass is 9.84. The molecule has 5 aromatic rings. The third-order valence-corrected chi connectivity index (χ3v) is 11.8. The van der Waals surface area contributed by atoms with Gasteiger partial charge in [0.15, 0.2) is 6.29 Å². The molecule has 4 N–H and O–H groups in total. The van der Waals surface area contributed by atoms with Gasteiger partial charge in [-0.1, -0.05) is 116 Å². The Labute approximate surface area is 334 Å². The Kier molecular flexibility index (Phi) is 11.7. The summed E-state index contributed by atoms with van der Waals surface area (Å²) in [6.45, 7) is 5.82. The van der Waals surface area contributed by atoms with E-state index in [0.717, 1.165) is 70.6 Å². The third kappa shape index (κ3) is 8.60. The van der Waals surface area contributed by atoms with Gasteiger partial charge in [0, 0.05) is 49.9 Å². The van der Waals surface area contributed by atoms with Gasteiger partial charge in [-0.2, -0.15) is 0 Å². The van der Waals surface area contributed by atoms with Crippen LogP contribution in [0.25, 0.3) is 11.1 Å². The summed E-state index contributed by atoms with van der Waals surface area (Å²) >= 11 is 0. The monoisotopic (exact) mass is 765 g/mol. The van der Waals surface area contributed by atoms with Gasteiger partial charge in [0.1, 0.15) is 5.54 Å². The highest BCUT2D eigenvalue weighted by Gasteiger charge is 2.51. The van der Waals surface area contributed by atoms with Gasteiger partial charge >= 0.3 is 6.03 Å². The molecule has 0 aromatic heterocycles. The summed E-state index contributed by atoms with van der Waals surface area (Å²) in [5.41, 5.74) is 7.41. The fourth-order valence-electron chi connectivity index (χ4n) is 8.47. The van der Waals surface area contributed by atoms with E-state index in [1.807, 2.05) is 91.0 Å². The Morgan fingerprint density at radius 3 is 2.12 bits per heavy atom. The summed E-state index contributed by atoms with van der Waals surface area (Å²) in [5, 5.41) is 18.7. The minimum atomic E-state index is -0.614. The molecule has 3 fully saturated rings. The Balaban J connectivity index is 0.972. The summed E-state index contributed by atoms with van der Waals surface area (Å²) in [6.07, 6.45) is 0.468. The van der Waals surface area contributed by atoms with Crippen molar-refractivity contribution in [1.29, 1.82) is 0 Å². The molecular weight excluding hydrogens is 715 g/mol. The second kappa shape index (κ2) is 17.3. The molecule has 3 saturated heterocycles. The first-order valence-corrected chi connectivity index (χ1v) is 20.0. The number of anilines is 1. The van der Waals surface area contributed by atoms with Crippen molar-refractivity contribution in [1.82, 2.24) is 20.9 Å². The number of aliphatic hydroxyl groups excluding tert-OH is 1. The summed E-state index contributed by atoms with van der Waals surface area (Å²) in [6, 6.07) is 44.3. The maximum Gasteiger partial charge on any atom is 0.315 e. The molecule has 0 bridgehead atoms. The average Bonchev–Trinajstić information content (AvgIpc) is 3.58. The Bertz CT molecular complexity index is 2120. The van der Waals surface area contributed by atoms with Gasteiger partial charge in [0.2, 0.25) is 5.91 Å². The lowest BCUT2D eigenvalue weighted by Gasteiger charge is -2.46. The van der Waals surface area contributed by atoms with Gasteiger partial charge in [0.25, 0.3) is 0 Å². The van der Waals surface area contributed by atoms with Gasteiger partial charge in [-0.25, -0.2) is 4.79 Å². The number of likely N-dealkylation sites (tertiary alicyclic amines) is 1. The molecule has 0 saturated carbocycles. The van der Waals surface area contributed by atoms with Gasteiger partial charge in [-0.05, 0) is 70.5 Å². The molecule has 57 heavy (non-hydrogen) atoms. The average molecular weight is 766 g/mol. The maximum atomic E-state index is 13.4. The quantitative estimate of drug-likeness (QED) is 0.114. The number of nitrogens with one attached hydrogen (secondary N) is 3. The predicted octanol–water partition coefficient (Wildman–Crippen LogP) is 7.07. The van der Waals surface area contributed by atoms with Gasteiger partial charge in [0.05, 0.1) is 25.5 Å². The van der Waals surface area contributed by atoms with E-state index in [-0.39, 0.29) is 36.7 Å². The van der Waals surface area contributed by atoms with Crippen molar-refractivity contribution in [2.24, 2.45) is 5.92 Å². The van der Waals surface area contributed by atoms with E-state index in [1.165, 1.54) is 0 Å². The van der Waals surface area contributed by atoms with Gasteiger partial charge in [-0.15, -0.1) is 0 Å². The van der Waals surface area contributed by atoms with Crippen molar-refractivity contribution in [3.05, 3.63) is 161 Å². The first-order chi connectivity index (χ1) is 27.9. The molecule has 5 aromatic carbocycles. The topological polar surface area (TPSA) is 115 Å². The van der Waals surface area contributed by atoms with Crippen LogP contribution in [-0.2, 0) is 34.0 Å². The zero-order valence-corrected chi connectivity index (χ0v) is 32.3. The zero-order chi connectivity index (χ0) is 39.2. The highest BCUT2D eigenvalue weighted by atomic mass is 16.7. The molecule has 4 atom stereocenters. The predicted molar refractivity (Wildman–Crippen MR) is 221 cm³/mol. The van der Waals surface area contributed by atoms with E-state index in [0.29, 0.717) is 26.3 Å². The molecule has 10 nitrogen and oxygen atoms in total. The molecule has 8 rings (SSSR count). The second-order valence-electron chi connectivity index (χ2n) is 15.4. The first kappa shape index (κ1) is 38.4. The molecule has 3 amide bonds. The van der Waals surface area contributed by atoms with Crippen LogP contribution < -0.4 is 20.9 Å². The highest BCUT2D eigenvalue weighted by Crippen LogP contribution is 2.43. The Morgan fingerprint density at radius 2 is 1.40 bits per heavy atom. The number of carbonyl (C=O) groups is 2. The van der Waals surface area contributed by atoms with Crippen LogP contribution >= 0.6 is 0 Å². The molecule has 3 aliphatic rings. The number of para-hydroxylation sites is 1. The molecule has 1 spiro atoms. The molecule has 0 aliphatic carbocycles. The number of hydrogen-bond donors (Lipinski definition) is 4. The van der Waals surface area contributed by atoms with E-state index in [2.05, 4.69) is 75.1 Å². The van der Waals surface area contributed by atoms with Crippen molar-refractivity contribution in [2.75, 3.05) is 31.2 Å². The zero-order valence-electron chi connectivity index (χ0n) is 32.3. The normalized spacial score (nSPS) is 21.9. The standard InChI is InChI=1S/C47H51N5O5/c1-33-42(30-51-24-22-47(23-25-51)45(54)50-32-52(47)41-16-6-3-7-17-41)56-44(57-43(33)37-20-18-35(31-53)19-21-37)40-15-9-14-39(27-40)38-13-8-12-36(26-38)29-49-46(55)48-28-34-10-4-2-5-11-34/h2-21,26-27,33,42-44,53H,22-25,28-32H2,1H3,(H,50,54)(H2,48,49,55). The number of urea groups is 1. The molecular formula is C47H51N5O5. The fourth-order valence-corrected chi connectivity index (χ4v) is 8.47. The van der Waals surface area contributed by atoms with E-state index in [9.17, 15) is 14.7 Å². The third-order valence-electron chi connectivity index (χ3n) is 11.8. The summed E-state index contributed by atoms with van der Waals surface area (Å²) in [4.78, 5) is 30.6. The molecule has 3 aliphatic heterocycles. The van der Waals surface area contributed by atoms with Crippen LogP contribution in [0, 0.1) is 5.92 Å². The lowest BCUT2D eigenvalue weighted by molar-refractivity contribution is -0.276. The van der Waals surface area contributed by atoms with Crippen molar-refractivity contribution in [3.63, 3.8) is 0 Å². The number of hydrogen-bond acceptors (Lipinski definition) is 7. The number of benzene rings is 5. The van der Waals surface area contributed by atoms with Crippen LogP contribution in [-0.4, -0.2) is 59.9 Å². The van der Waals surface area contributed by atoms with Crippen molar-refractivity contribution in [3.8, 4) is 11.1 Å². The van der Waals surface area contributed by atoms with Crippen molar-refractivity contribution < 1.29 is 24.2 Å². The molecule has 4 unspecified atom stereocenters.